The van der Waals surface area contributed by atoms with Crippen LogP contribution in [-0.4, -0.2) is 35.0 Å². The zero-order valence-electron chi connectivity index (χ0n) is 10.9. The minimum atomic E-state index is -4.83. The molecule has 0 aliphatic rings. The number of carbonyl (C=O) groups excluding carboxylic acids is 1. The number of rotatable bonds is 10. The normalized spacial score (nSPS) is 12.4. The monoisotopic (exact) mass is 321 g/mol. The lowest BCUT2D eigenvalue weighted by molar-refractivity contribution is -0.173. The van der Waals surface area contributed by atoms with Gasteiger partial charge in [-0.25, -0.2) is 4.57 Å². The largest absolute Gasteiger partial charge is 0.471 e. The highest BCUT2D eigenvalue weighted by Gasteiger charge is 2.38. The molecule has 0 aliphatic carbocycles. The average Bonchev–Trinajstić information content (AvgIpc) is 2.28. The molecule has 0 radical (unpaired) electrons. The fourth-order valence-corrected chi connectivity index (χ4v) is 1.79. The zero-order chi connectivity index (χ0) is 15.6. The van der Waals surface area contributed by atoms with Gasteiger partial charge in [-0.15, -0.1) is 0 Å². The summed E-state index contributed by atoms with van der Waals surface area (Å²) in [4.78, 5) is 27.2. The molecule has 0 fully saturated rings. The Bertz CT molecular complexity index is 331. The molecule has 0 aromatic rings. The first kappa shape index (κ1) is 19.4. The molecular formula is C10H19F3NO5P. The summed E-state index contributed by atoms with van der Waals surface area (Å²) in [5, 5.41) is 1.78. The average molecular weight is 321 g/mol. The lowest BCUT2D eigenvalue weighted by Gasteiger charge is -2.07. The third-order valence-corrected chi connectivity index (χ3v) is 2.89. The lowest BCUT2D eigenvalue weighted by Crippen LogP contribution is -2.37. The van der Waals surface area contributed by atoms with E-state index in [0.717, 1.165) is 19.3 Å². The van der Waals surface area contributed by atoms with E-state index < -0.39 is 19.9 Å². The number of phosphoric acid groups is 1. The van der Waals surface area contributed by atoms with Crippen LogP contribution in [-0.2, 0) is 13.9 Å². The van der Waals surface area contributed by atoms with Crippen LogP contribution in [0.1, 0.15) is 38.5 Å². The van der Waals surface area contributed by atoms with Gasteiger partial charge in [-0.3, -0.25) is 9.32 Å². The summed E-state index contributed by atoms with van der Waals surface area (Å²) in [6.07, 6.45) is -0.905. The number of nitrogens with one attached hydrogen (secondary N) is 1. The van der Waals surface area contributed by atoms with Gasteiger partial charge in [-0.1, -0.05) is 25.7 Å². The van der Waals surface area contributed by atoms with Gasteiger partial charge >= 0.3 is 19.9 Å². The highest BCUT2D eigenvalue weighted by Crippen LogP contribution is 2.35. The molecule has 0 unspecified atom stereocenters. The number of hydrogen-bond donors (Lipinski definition) is 3. The predicted octanol–water partition coefficient (Wildman–Crippen LogP) is 2.11. The van der Waals surface area contributed by atoms with Crippen LogP contribution >= 0.6 is 7.82 Å². The number of halogens is 3. The third-order valence-electron chi connectivity index (χ3n) is 2.37. The maximum Gasteiger partial charge on any atom is 0.471 e. The molecule has 0 rings (SSSR count). The minimum Gasteiger partial charge on any atom is -0.348 e. The van der Waals surface area contributed by atoms with Crippen molar-refractivity contribution in [3.8, 4) is 0 Å². The Morgan fingerprint density at radius 3 is 2.05 bits per heavy atom. The molecule has 0 aliphatic heterocycles. The first-order valence-electron chi connectivity index (χ1n) is 6.18. The van der Waals surface area contributed by atoms with Crippen LogP contribution in [0.3, 0.4) is 0 Å². The summed E-state index contributed by atoms with van der Waals surface area (Å²) >= 11 is 0. The summed E-state index contributed by atoms with van der Waals surface area (Å²) in [5.74, 6) is -1.92. The van der Waals surface area contributed by atoms with E-state index >= 15 is 0 Å². The van der Waals surface area contributed by atoms with E-state index in [1.807, 2.05) is 0 Å². The highest BCUT2D eigenvalue weighted by atomic mass is 31.2. The molecule has 6 nitrogen and oxygen atoms in total. The van der Waals surface area contributed by atoms with E-state index in [2.05, 4.69) is 4.52 Å². The fourth-order valence-electron chi connectivity index (χ4n) is 1.42. The first-order valence-corrected chi connectivity index (χ1v) is 7.71. The number of hydrogen-bond acceptors (Lipinski definition) is 3. The van der Waals surface area contributed by atoms with E-state index in [9.17, 15) is 22.5 Å². The van der Waals surface area contributed by atoms with Crippen molar-refractivity contribution in [2.24, 2.45) is 0 Å². The molecule has 3 N–H and O–H groups in total. The molecule has 0 saturated carbocycles. The Morgan fingerprint density at radius 2 is 1.55 bits per heavy atom. The smallest absolute Gasteiger partial charge is 0.348 e. The zero-order valence-corrected chi connectivity index (χ0v) is 11.8. The van der Waals surface area contributed by atoms with Gasteiger partial charge in [0.25, 0.3) is 0 Å². The molecule has 0 aromatic heterocycles. The van der Waals surface area contributed by atoms with Crippen LogP contribution < -0.4 is 5.32 Å². The Hall–Kier alpha value is -0.630. The van der Waals surface area contributed by atoms with E-state index in [1.165, 1.54) is 0 Å². The number of unbranched alkanes of at least 4 members (excludes halogenated alkanes) is 5. The van der Waals surface area contributed by atoms with Crippen molar-refractivity contribution in [1.82, 2.24) is 5.32 Å². The second kappa shape index (κ2) is 9.33. The number of phosphoric ester groups is 1. The van der Waals surface area contributed by atoms with Gasteiger partial charge in [0.1, 0.15) is 0 Å². The molecule has 0 saturated heterocycles. The van der Waals surface area contributed by atoms with E-state index in [-0.39, 0.29) is 13.2 Å². The van der Waals surface area contributed by atoms with Crippen molar-refractivity contribution in [3.63, 3.8) is 0 Å². The molecule has 0 heterocycles. The second-order valence-corrected chi connectivity index (χ2v) is 5.44. The molecule has 1 amide bonds. The molecule has 120 valence electrons. The maximum atomic E-state index is 11.8. The number of alkyl halides is 3. The van der Waals surface area contributed by atoms with Gasteiger partial charge in [-0.05, 0) is 12.8 Å². The van der Waals surface area contributed by atoms with Gasteiger partial charge in [0, 0.05) is 6.54 Å². The Kier molecular flexibility index (Phi) is 9.04. The first-order chi connectivity index (χ1) is 9.13. The van der Waals surface area contributed by atoms with Gasteiger partial charge in [0.2, 0.25) is 0 Å². The molecule has 0 atom stereocenters. The number of carbonyl (C=O) groups is 1. The van der Waals surface area contributed by atoms with Gasteiger partial charge < -0.3 is 15.1 Å². The number of amides is 1. The third kappa shape index (κ3) is 12.4. The van der Waals surface area contributed by atoms with Crippen molar-refractivity contribution in [2.75, 3.05) is 13.2 Å². The van der Waals surface area contributed by atoms with Crippen molar-refractivity contribution in [1.29, 1.82) is 0 Å². The fraction of sp³-hybridized carbons (Fsp3) is 0.900. The summed E-state index contributed by atoms with van der Waals surface area (Å²) in [6.45, 7) is -0.0361. The minimum absolute atomic E-state index is 0.0142. The standard InChI is InChI=1S/C10H19F3NO5P/c11-10(12,13)9(15)14-7-5-3-1-2-4-6-8-19-20(16,17)18/h1-8H2,(H,14,15)(H2,16,17,18). The van der Waals surface area contributed by atoms with Crippen LogP contribution in [0.25, 0.3) is 0 Å². The molecule has 10 heteroatoms. The Balaban J connectivity index is 3.30. The summed E-state index contributed by atoms with van der Waals surface area (Å²) in [7, 11) is -4.39. The molecule has 0 spiro atoms. The second-order valence-electron chi connectivity index (χ2n) is 4.20. The van der Waals surface area contributed by atoms with Crippen LogP contribution in [0.15, 0.2) is 0 Å². The summed E-state index contributed by atoms with van der Waals surface area (Å²) < 4.78 is 50.0. The molecular weight excluding hydrogens is 302 g/mol. The van der Waals surface area contributed by atoms with Crippen LogP contribution in [0.2, 0.25) is 0 Å². The lowest BCUT2D eigenvalue weighted by atomic mass is 10.1. The van der Waals surface area contributed by atoms with Crippen molar-refractivity contribution in [2.45, 2.75) is 44.7 Å². The van der Waals surface area contributed by atoms with E-state index in [1.54, 1.807) is 5.32 Å². The van der Waals surface area contributed by atoms with Gasteiger partial charge in [0.05, 0.1) is 6.61 Å². The Labute approximate surface area is 114 Å². The maximum absolute atomic E-state index is 11.8. The molecule has 0 bridgehead atoms. The van der Waals surface area contributed by atoms with Gasteiger partial charge in [0.15, 0.2) is 0 Å². The van der Waals surface area contributed by atoms with Crippen molar-refractivity contribution in [3.05, 3.63) is 0 Å². The van der Waals surface area contributed by atoms with Gasteiger partial charge in [-0.2, -0.15) is 13.2 Å². The van der Waals surface area contributed by atoms with Crippen LogP contribution in [0.4, 0.5) is 13.2 Å². The summed E-state index contributed by atoms with van der Waals surface area (Å²) in [5.41, 5.74) is 0. The topological polar surface area (TPSA) is 95.9 Å². The van der Waals surface area contributed by atoms with Crippen LogP contribution in [0.5, 0.6) is 0 Å². The molecule has 0 aromatic carbocycles. The predicted molar refractivity (Wildman–Crippen MR) is 64.8 cm³/mol. The highest BCUT2D eigenvalue weighted by molar-refractivity contribution is 7.46. The van der Waals surface area contributed by atoms with E-state index in [0.29, 0.717) is 19.3 Å². The summed E-state index contributed by atoms with van der Waals surface area (Å²) in [6, 6.07) is 0. The molecule has 20 heavy (non-hydrogen) atoms. The SMILES string of the molecule is O=C(NCCCCCCCCOP(=O)(O)O)C(F)(F)F. The van der Waals surface area contributed by atoms with Crippen molar-refractivity contribution < 1.29 is 36.8 Å². The van der Waals surface area contributed by atoms with E-state index in [4.69, 9.17) is 9.79 Å². The Morgan fingerprint density at radius 1 is 1.05 bits per heavy atom. The van der Waals surface area contributed by atoms with Crippen molar-refractivity contribution >= 4 is 13.7 Å². The quantitative estimate of drug-likeness (QED) is 0.423. The van der Waals surface area contributed by atoms with Crippen LogP contribution in [0, 0.1) is 0 Å².